The molecule has 0 bridgehead atoms. The summed E-state index contributed by atoms with van der Waals surface area (Å²) in [6, 6.07) is 0. The van der Waals surface area contributed by atoms with Crippen molar-refractivity contribution in [1.29, 1.82) is 0 Å². The summed E-state index contributed by atoms with van der Waals surface area (Å²) in [6.07, 6.45) is 0.769. The summed E-state index contributed by atoms with van der Waals surface area (Å²) in [7, 11) is -1.94. The van der Waals surface area contributed by atoms with Crippen LogP contribution in [0.15, 0.2) is 0 Å². The molecule has 0 rings (SSSR count). The minimum absolute atomic E-state index is 0.354. The Bertz CT molecular complexity index is 58.2. The lowest BCUT2D eigenvalue weighted by atomic mass is 10.3. The first-order valence-electron chi connectivity index (χ1n) is 2.58. The summed E-state index contributed by atoms with van der Waals surface area (Å²) >= 11 is 0. The standard InChI is InChI=1S/C3H9BO5/c1-2-3-7-9-8-4(5)6/h5-6H,2-3H2,1H3. The van der Waals surface area contributed by atoms with Crippen LogP contribution in [-0.2, 0) is 14.7 Å². The smallest absolute Gasteiger partial charge is 0.400 e. The highest BCUT2D eigenvalue weighted by molar-refractivity contribution is 6.32. The molecule has 0 saturated heterocycles. The van der Waals surface area contributed by atoms with E-state index < -0.39 is 7.32 Å². The van der Waals surface area contributed by atoms with E-state index in [-0.39, 0.29) is 0 Å². The van der Waals surface area contributed by atoms with Crippen LogP contribution in [0.5, 0.6) is 0 Å². The summed E-state index contributed by atoms with van der Waals surface area (Å²) in [5, 5.41) is 19.8. The first kappa shape index (κ1) is 8.86. The quantitative estimate of drug-likeness (QED) is 0.225. The van der Waals surface area contributed by atoms with E-state index in [9.17, 15) is 0 Å². The van der Waals surface area contributed by atoms with Crippen LogP contribution in [0, 0.1) is 0 Å². The maximum absolute atomic E-state index is 7.98. The van der Waals surface area contributed by atoms with E-state index in [0.29, 0.717) is 6.61 Å². The number of hydrogen-bond donors (Lipinski definition) is 2. The third-order valence-electron chi connectivity index (χ3n) is 0.461. The Kier molecular flexibility index (Phi) is 5.90. The fraction of sp³-hybridized carbons (Fsp3) is 1.00. The van der Waals surface area contributed by atoms with Gasteiger partial charge in [-0.2, -0.15) is 0 Å². The van der Waals surface area contributed by atoms with Gasteiger partial charge in [-0.25, -0.2) is 9.69 Å². The molecule has 0 aromatic rings. The van der Waals surface area contributed by atoms with Crippen LogP contribution in [0.2, 0.25) is 0 Å². The SMILES string of the molecule is CCCOOOB(O)O. The van der Waals surface area contributed by atoms with Crippen LogP contribution in [0.3, 0.4) is 0 Å². The maximum atomic E-state index is 7.98. The zero-order valence-electron chi connectivity index (χ0n) is 5.11. The number of hydrogen-bond acceptors (Lipinski definition) is 5. The maximum Gasteiger partial charge on any atom is 0.664 e. The summed E-state index contributed by atoms with van der Waals surface area (Å²) in [6.45, 7) is 2.23. The second-order valence-corrected chi connectivity index (χ2v) is 1.31. The third kappa shape index (κ3) is 7.86. The van der Waals surface area contributed by atoms with Gasteiger partial charge in [0.2, 0.25) is 0 Å². The summed E-state index contributed by atoms with van der Waals surface area (Å²) in [4.78, 5) is 7.98. The minimum atomic E-state index is -1.94. The largest absolute Gasteiger partial charge is 0.664 e. The highest BCUT2D eigenvalue weighted by atomic mass is 17.5. The molecule has 0 saturated carbocycles. The van der Waals surface area contributed by atoms with E-state index in [1.165, 1.54) is 0 Å². The van der Waals surface area contributed by atoms with Gasteiger partial charge in [-0.15, -0.1) is 0 Å². The van der Waals surface area contributed by atoms with Crippen LogP contribution < -0.4 is 0 Å². The van der Waals surface area contributed by atoms with E-state index in [4.69, 9.17) is 10.0 Å². The van der Waals surface area contributed by atoms with Crippen molar-refractivity contribution in [1.82, 2.24) is 0 Å². The highest BCUT2D eigenvalue weighted by Gasteiger charge is 2.09. The van der Waals surface area contributed by atoms with Crippen LogP contribution in [-0.4, -0.2) is 24.0 Å². The van der Waals surface area contributed by atoms with Crippen LogP contribution in [0.1, 0.15) is 13.3 Å². The average molecular weight is 136 g/mol. The molecule has 0 heterocycles. The Morgan fingerprint density at radius 3 is 2.56 bits per heavy atom. The lowest BCUT2D eigenvalue weighted by Crippen LogP contribution is -2.17. The predicted molar refractivity (Wildman–Crippen MR) is 28.6 cm³/mol. The lowest BCUT2D eigenvalue weighted by molar-refractivity contribution is -0.478. The van der Waals surface area contributed by atoms with Gasteiger partial charge in [0.1, 0.15) is 0 Å². The van der Waals surface area contributed by atoms with E-state index in [0.717, 1.165) is 6.42 Å². The molecule has 0 amide bonds. The van der Waals surface area contributed by atoms with Gasteiger partial charge in [-0.1, -0.05) is 12.0 Å². The van der Waals surface area contributed by atoms with Gasteiger partial charge < -0.3 is 10.0 Å². The van der Waals surface area contributed by atoms with Crippen molar-refractivity contribution in [3.05, 3.63) is 0 Å². The van der Waals surface area contributed by atoms with Crippen molar-refractivity contribution < 1.29 is 24.8 Å². The van der Waals surface area contributed by atoms with Gasteiger partial charge in [-0.3, -0.25) is 0 Å². The second kappa shape index (κ2) is 5.99. The molecule has 5 nitrogen and oxygen atoms in total. The molecule has 2 N–H and O–H groups in total. The molecule has 6 heteroatoms. The Morgan fingerprint density at radius 2 is 2.11 bits per heavy atom. The molecule has 0 aromatic heterocycles. The molecule has 9 heavy (non-hydrogen) atoms. The third-order valence-corrected chi connectivity index (χ3v) is 0.461. The molecule has 0 aliphatic heterocycles. The van der Waals surface area contributed by atoms with Crippen LogP contribution in [0.25, 0.3) is 0 Å². The molecule has 0 aliphatic carbocycles. The molecular formula is C3H9BO5. The molecule has 0 unspecified atom stereocenters. The fourth-order valence-electron chi connectivity index (χ4n) is 0.180. The minimum Gasteiger partial charge on any atom is -0.400 e. The van der Waals surface area contributed by atoms with E-state index >= 15 is 0 Å². The Balaban J connectivity index is 2.75. The fourth-order valence-corrected chi connectivity index (χ4v) is 0.180. The van der Waals surface area contributed by atoms with Crippen molar-refractivity contribution in [2.75, 3.05) is 6.61 Å². The zero-order chi connectivity index (χ0) is 7.11. The topological polar surface area (TPSA) is 68.2 Å². The molecule has 0 fully saturated rings. The van der Waals surface area contributed by atoms with Crippen molar-refractivity contribution >= 4 is 7.32 Å². The molecule has 0 radical (unpaired) electrons. The van der Waals surface area contributed by atoms with Crippen LogP contribution >= 0.6 is 0 Å². The Morgan fingerprint density at radius 1 is 1.44 bits per heavy atom. The van der Waals surface area contributed by atoms with E-state index in [1.807, 2.05) is 6.92 Å². The predicted octanol–water partition coefficient (Wildman–Crippen LogP) is -0.754. The highest BCUT2D eigenvalue weighted by Crippen LogP contribution is 1.83. The van der Waals surface area contributed by atoms with Crippen molar-refractivity contribution in [3.8, 4) is 0 Å². The lowest BCUT2D eigenvalue weighted by Gasteiger charge is -1.98. The van der Waals surface area contributed by atoms with Crippen molar-refractivity contribution in [2.45, 2.75) is 13.3 Å². The normalized spacial score (nSPS) is 9.67. The monoisotopic (exact) mass is 136 g/mol. The van der Waals surface area contributed by atoms with Crippen LogP contribution in [0.4, 0.5) is 0 Å². The van der Waals surface area contributed by atoms with Crippen molar-refractivity contribution in [2.24, 2.45) is 0 Å². The summed E-state index contributed by atoms with van der Waals surface area (Å²) in [5.74, 6) is 0. The molecule has 0 aromatic carbocycles. The van der Waals surface area contributed by atoms with Gasteiger partial charge in [0.25, 0.3) is 0 Å². The molecule has 0 atom stereocenters. The molecule has 0 aliphatic rings. The summed E-state index contributed by atoms with van der Waals surface area (Å²) in [5.41, 5.74) is 0. The first-order valence-corrected chi connectivity index (χ1v) is 2.58. The van der Waals surface area contributed by atoms with Crippen molar-refractivity contribution in [3.63, 3.8) is 0 Å². The second-order valence-electron chi connectivity index (χ2n) is 1.31. The van der Waals surface area contributed by atoms with Gasteiger partial charge in [0, 0.05) is 0 Å². The Hall–Kier alpha value is -0.135. The average Bonchev–Trinajstić information content (AvgIpc) is 1.80. The summed E-state index contributed by atoms with van der Waals surface area (Å²) < 4.78 is 0. The molecular weight excluding hydrogens is 127 g/mol. The van der Waals surface area contributed by atoms with Gasteiger partial charge >= 0.3 is 7.32 Å². The zero-order valence-corrected chi connectivity index (χ0v) is 5.11. The van der Waals surface area contributed by atoms with Gasteiger partial charge in [0.05, 0.1) is 6.61 Å². The Labute approximate surface area is 53.2 Å². The number of rotatable bonds is 5. The van der Waals surface area contributed by atoms with Gasteiger partial charge in [0.15, 0.2) is 0 Å². The van der Waals surface area contributed by atoms with E-state index in [1.54, 1.807) is 0 Å². The van der Waals surface area contributed by atoms with E-state index in [2.05, 4.69) is 14.7 Å². The molecule has 54 valence electrons. The van der Waals surface area contributed by atoms with Gasteiger partial charge in [-0.05, 0) is 6.42 Å². The molecule has 0 spiro atoms. The first-order chi connectivity index (χ1) is 4.27.